The molecular weight excluding hydrogens is 603 g/mol. The van der Waals surface area contributed by atoms with Crippen molar-refractivity contribution in [2.45, 2.75) is 37.9 Å². The summed E-state index contributed by atoms with van der Waals surface area (Å²) >= 11 is 0. The number of benzene rings is 5. The normalized spacial score (nSPS) is 12.2. The minimum Gasteiger partial charge on any atom is -0.354 e. The lowest BCUT2D eigenvalue weighted by Gasteiger charge is -2.35. The molecule has 48 heavy (non-hydrogen) atoms. The second kappa shape index (κ2) is 16.0. The van der Waals surface area contributed by atoms with Crippen molar-refractivity contribution < 1.29 is 18.8 Å². The molecule has 0 saturated carbocycles. The fourth-order valence-electron chi connectivity index (χ4n) is 5.89. The molecule has 246 valence electrons. The highest BCUT2D eigenvalue weighted by molar-refractivity contribution is 5.98. The molecule has 5 aromatic rings. The first-order valence-corrected chi connectivity index (χ1v) is 16.1. The van der Waals surface area contributed by atoms with Crippen LogP contribution in [-0.2, 0) is 35.4 Å². The van der Waals surface area contributed by atoms with E-state index in [1.54, 1.807) is 44.4 Å². The van der Waals surface area contributed by atoms with Gasteiger partial charge in [0.25, 0.3) is 5.91 Å². The standard InChI is InChI=1S/C40H41FN4O3/c1-44(36(25-29-16-19-35(41)20-17-29)38(46)43-22-21-28-9-4-3-5-10-28)40(48)37(26-30-15-18-32-12-6-7-13-33(32)23-30)45(2)39(47)34-14-8-11-31(24-34)27-42/h3-20,23-24,36-37H,21-22,25-27,42H2,1-2H3,(H,43,46)/t36-,37-/m1/s1. The quantitative estimate of drug-likeness (QED) is 0.176. The van der Waals surface area contributed by atoms with E-state index in [1.165, 1.54) is 21.9 Å². The van der Waals surface area contributed by atoms with E-state index in [0.29, 0.717) is 24.1 Å². The van der Waals surface area contributed by atoms with Gasteiger partial charge in [0.15, 0.2) is 0 Å². The van der Waals surface area contributed by atoms with Gasteiger partial charge in [-0.3, -0.25) is 14.4 Å². The van der Waals surface area contributed by atoms with Gasteiger partial charge < -0.3 is 20.9 Å². The van der Waals surface area contributed by atoms with E-state index in [9.17, 15) is 18.8 Å². The molecule has 7 nitrogen and oxygen atoms in total. The highest BCUT2D eigenvalue weighted by atomic mass is 19.1. The average molecular weight is 645 g/mol. The number of carbonyl (C=O) groups excluding carboxylic acids is 3. The van der Waals surface area contributed by atoms with Gasteiger partial charge in [0.1, 0.15) is 17.9 Å². The maximum Gasteiger partial charge on any atom is 0.254 e. The van der Waals surface area contributed by atoms with Gasteiger partial charge in [-0.2, -0.15) is 0 Å². The van der Waals surface area contributed by atoms with Gasteiger partial charge in [0.05, 0.1) is 0 Å². The Morgan fingerprint density at radius 2 is 1.31 bits per heavy atom. The molecule has 2 atom stereocenters. The van der Waals surface area contributed by atoms with Crippen molar-refractivity contribution >= 4 is 28.5 Å². The first kappa shape index (κ1) is 34.0. The summed E-state index contributed by atoms with van der Waals surface area (Å²) in [5.74, 6) is -1.44. The number of carbonyl (C=O) groups is 3. The minimum absolute atomic E-state index is 0.165. The van der Waals surface area contributed by atoms with Crippen molar-refractivity contribution in [3.63, 3.8) is 0 Å². The topological polar surface area (TPSA) is 95.7 Å². The fourth-order valence-corrected chi connectivity index (χ4v) is 5.89. The van der Waals surface area contributed by atoms with Crippen LogP contribution in [0.15, 0.2) is 121 Å². The van der Waals surface area contributed by atoms with Crippen LogP contribution in [0.4, 0.5) is 4.39 Å². The molecule has 0 bridgehead atoms. The third-order valence-electron chi connectivity index (χ3n) is 8.74. The lowest BCUT2D eigenvalue weighted by atomic mass is 9.98. The summed E-state index contributed by atoms with van der Waals surface area (Å²) in [7, 11) is 3.21. The maximum atomic E-state index is 14.6. The van der Waals surface area contributed by atoms with Crippen LogP contribution in [-0.4, -0.2) is 60.2 Å². The predicted molar refractivity (Wildman–Crippen MR) is 188 cm³/mol. The molecule has 3 N–H and O–H groups in total. The molecule has 5 aromatic carbocycles. The van der Waals surface area contributed by atoms with Crippen molar-refractivity contribution in [3.8, 4) is 0 Å². The van der Waals surface area contributed by atoms with Gasteiger partial charge >= 0.3 is 0 Å². The smallest absolute Gasteiger partial charge is 0.254 e. The largest absolute Gasteiger partial charge is 0.354 e. The number of nitrogens with one attached hydrogen (secondary N) is 1. The Hall–Kier alpha value is -5.34. The van der Waals surface area contributed by atoms with Gasteiger partial charge in [-0.15, -0.1) is 0 Å². The van der Waals surface area contributed by atoms with E-state index in [0.717, 1.165) is 27.5 Å². The SMILES string of the molecule is CN(C(=O)c1cccc(CN)c1)[C@H](Cc1ccc2ccccc2c1)C(=O)N(C)[C@H](Cc1ccc(F)cc1)C(=O)NCCc1ccccc1. The summed E-state index contributed by atoms with van der Waals surface area (Å²) in [6, 6.07) is 34.9. The van der Waals surface area contributed by atoms with E-state index >= 15 is 0 Å². The summed E-state index contributed by atoms with van der Waals surface area (Å²) in [6.45, 7) is 0.651. The monoisotopic (exact) mass is 644 g/mol. The number of fused-ring (bicyclic) bond motifs is 1. The van der Waals surface area contributed by atoms with E-state index in [2.05, 4.69) is 5.32 Å². The molecule has 3 amide bonds. The lowest BCUT2D eigenvalue weighted by Crippen LogP contribution is -2.56. The van der Waals surface area contributed by atoms with Gasteiger partial charge in [-0.1, -0.05) is 97.1 Å². The second-order valence-electron chi connectivity index (χ2n) is 12.0. The molecule has 0 aliphatic carbocycles. The number of nitrogens with two attached hydrogens (primary N) is 1. The predicted octanol–water partition coefficient (Wildman–Crippen LogP) is 5.55. The van der Waals surface area contributed by atoms with Crippen molar-refractivity contribution in [3.05, 3.63) is 155 Å². The van der Waals surface area contributed by atoms with Gasteiger partial charge in [0.2, 0.25) is 11.8 Å². The zero-order valence-corrected chi connectivity index (χ0v) is 27.3. The number of hydrogen-bond donors (Lipinski definition) is 2. The Labute approximate surface area is 281 Å². The highest BCUT2D eigenvalue weighted by Crippen LogP contribution is 2.21. The van der Waals surface area contributed by atoms with Gasteiger partial charge in [-0.05, 0) is 63.7 Å². The van der Waals surface area contributed by atoms with E-state index in [-0.39, 0.29) is 42.9 Å². The van der Waals surface area contributed by atoms with Crippen LogP contribution in [0.1, 0.15) is 32.6 Å². The molecule has 0 saturated heterocycles. The van der Waals surface area contributed by atoms with Crippen LogP contribution in [0.3, 0.4) is 0 Å². The number of halogens is 1. The zero-order chi connectivity index (χ0) is 34.0. The van der Waals surface area contributed by atoms with Gasteiger partial charge in [0, 0.05) is 45.6 Å². The molecule has 0 aliphatic rings. The Morgan fingerprint density at radius 3 is 2.04 bits per heavy atom. The summed E-state index contributed by atoms with van der Waals surface area (Å²) in [5.41, 5.74) is 9.72. The van der Waals surface area contributed by atoms with Crippen molar-refractivity contribution in [1.29, 1.82) is 0 Å². The van der Waals surface area contributed by atoms with E-state index in [1.807, 2.05) is 78.9 Å². The summed E-state index contributed by atoms with van der Waals surface area (Å²) < 4.78 is 13.8. The second-order valence-corrected chi connectivity index (χ2v) is 12.0. The van der Waals surface area contributed by atoms with E-state index < -0.39 is 12.1 Å². The molecule has 0 spiro atoms. The Bertz CT molecular complexity index is 1860. The van der Waals surface area contributed by atoms with Crippen LogP contribution in [0.5, 0.6) is 0 Å². The Kier molecular flexibility index (Phi) is 11.3. The molecule has 0 fully saturated rings. The first-order chi connectivity index (χ1) is 23.2. The lowest BCUT2D eigenvalue weighted by molar-refractivity contribution is -0.142. The highest BCUT2D eigenvalue weighted by Gasteiger charge is 2.35. The zero-order valence-electron chi connectivity index (χ0n) is 27.3. The third kappa shape index (κ3) is 8.52. The third-order valence-corrected chi connectivity index (χ3v) is 8.74. The van der Waals surface area contributed by atoms with Crippen molar-refractivity contribution in [2.75, 3.05) is 20.6 Å². The molecule has 5 rings (SSSR count). The van der Waals surface area contributed by atoms with Crippen LogP contribution in [0, 0.1) is 5.82 Å². The molecule has 0 aromatic heterocycles. The van der Waals surface area contributed by atoms with Gasteiger partial charge in [-0.25, -0.2) is 4.39 Å². The van der Waals surface area contributed by atoms with Crippen LogP contribution in [0.25, 0.3) is 10.8 Å². The summed E-state index contributed by atoms with van der Waals surface area (Å²) in [5, 5.41) is 5.08. The molecule has 0 heterocycles. The molecule has 8 heteroatoms. The van der Waals surface area contributed by atoms with Crippen molar-refractivity contribution in [2.24, 2.45) is 5.73 Å². The average Bonchev–Trinajstić information content (AvgIpc) is 3.12. The van der Waals surface area contributed by atoms with Crippen molar-refractivity contribution in [1.82, 2.24) is 15.1 Å². The summed E-state index contributed by atoms with van der Waals surface area (Å²) in [4.78, 5) is 45.1. The summed E-state index contributed by atoms with van der Waals surface area (Å²) in [6.07, 6.45) is 1.02. The number of nitrogens with zero attached hydrogens (tertiary/aromatic N) is 2. The Morgan fingerprint density at radius 1 is 0.667 bits per heavy atom. The minimum atomic E-state index is -0.932. The molecule has 0 radical (unpaired) electrons. The fraction of sp³-hybridized carbons (Fsp3) is 0.225. The number of rotatable bonds is 13. The Balaban J connectivity index is 1.45. The number of likely N-dealkylation sites (N-methyl/N-ethyl adjacent to an activating group) is 2. The molecule has 0 unspecified atom stereocenters. The number of amides is 3. The first-order valence-electron chi connectivity index (χ1n) is 16.1. The molecule has 0 aliphatic heterocycles. The maximum absolute atomic E-state index is 14.6. The van der Waals surface area contributed by atoms with Crippen LogP contribution in [0.2, 0.25) is 0 Å². The number of hydrogen-bond acceptors (Lipinski definition) is 4. The molecular formula is C40H41FN4O3. The van der Waals surface area contributed by atoms with Crippen LogP contribution < -0.4 is 11.1 Å². The van der Waals surface area contributed by atoms with E-state index in [4.69, 9.17) is 5.73 Å². The van der Waals surface area contributed by atoms with Crippen LogP contribution >= 0.6 is 0 Å².